The van der Waals surface area contributed by atoms with Crippen molar-refractivity contribution >= 4 is 11.5 Å². The summed E-state index contributed by atoms with van der Waals surface area (Å²) >= 11 is 0. The number of hydrogen-bond donors (Lipinski definition) is 1. The lowest BCUT2D eigenvalue weighted by Crippen LogP contribution is -1.91. The van der Waals surface area contributed by atoms with Gasteiger partial charge in [-0.25, -0.2) is 9.18 Å². The average Bonchev–Trinajstić information content (AvgIpc) is 2.66. The van der Waals surface area contributed by atoms with Gasteiger partial charge in [0, 0.05) is 11.6 Å². The quantitative estimate of drug-likeness (QED) is 0.673. The first kappa shape index (κ1) is 11.7. The van der Waals surface area contributed by atoms with Crippen molar-refractivity contribution in [1.29, 1.82) is 0 Å². The zero-order chi connectivity index (χ0) is 13.6. The van der Waals surface area contributed by atoms with E-state index in [1.807, 2.05) is 25.1 Å². The molecule has 19 heavy (non-hydrogen) atoms. The van der Waals surface area contributed by atoms with E-state index < -0.39 is 5.97 Å². The van der Waals surface area contributed by atoms with E-state index in [1.54, 1.807) is 12.1 Å². The van der Waals surface area contributed by atoms with Gasteiger partial charge in [0.2, 0.25) is 0 Å². The second kappa shape index (κ2) is 4.05. The van der Waals surface area contributed by atoms with Crippen LogP contribution in [0.2, 0.25) is 0 Å². The maximum absolute atomic E-state index is 14.1. The van der Waals surface area contributed by atoms with Gasteiger partial charge in [-0.05, 0) is 40.8 Å². The molecule has 0 spiro atoms. The number of benzene rings is 2. The predicted molar refractivity (Wildman–Crippen MR) is 71.3 cm³/mol. The topological polar surface area (TPSA) is 37.3 Å². The Balaban J connectivity index is 2.44. The minimum Gasteiger partial charge on any atom is -0.478 e. The smallest absolute Gasteiger partial charge is 0.328 e. The van der Waals surface area contributed by atoms with Crippen molar-refractivity contribution in [2.24, 2.45) is 0 Å². The lowest BCUT2D eigenvalue weighted by Gasteiger charge is -2.05. The normalized spacial score (nSPS) is 14.3. The Kier molecular flexibility index (Phi) is 2.49. The van der Waals surface area contributed by atoms with Gasteiger partial charge in [-0.1, -0.05) is 30.3 Å². The van der Waals surface area contributed by atoms with E-state index >= 15 is 0 Å². The number of carboxylic acids is 1. The Hall–Kier alpha value is -2.42. The molecule has 0 heterocycles. The molecule has 0 saturated carbocycles. The molecule has 2 aromatic carbocycles. The van der Waals surface area contributed by atoms with E-state index in [1.165, 1.54) is 6.07 Å². The maximum Gasteiger partial charge on any atom is 0.328 e. The van der Waals surface area contributed by atoms with Crippen LogP contribution in [0.25, 0.3) is 16.7 Å². The zero-order valence-electron chi connectivity index (χ0n) is 10.3. The molecule has 0 unspecified atom stereocenters. The van der Waals surface area contributed by atoms with E-state index in [9.17, 15) is 9.18 Å². The number of carbonyl (C=O) groups is 1. The zero-order valence-corrected chi connectivity index (χ0v) is 10.3. The molecular formula is C16H11FO2. The van der Waals surface area contributed by atoms with Gasteiger partial charge in [0.25, 0.3) is 0 Å². The fraction of sp³-hybridized carbons (Fsp3) is 0.0625. The van der Waals surface area contributed by atoms with Gasteiger partial charge in [0.1, 0.15) is 5.82 Å². The van der Waals surface area contributed by atoms with Crippen molar-refractivity contribution in [2.75, 3.05) is 0 Å². The van der Waals surface area contributed by atoms with Crippen molar-refractivity contribution < 1.29 is 14.3 Å². The average molecular weight is 254 g/mol. The minimum atomic E-state index is -1.03. The molecule has 3 rings (SSSR count). The lowest BCUT2D eigenvalue weighted by molar-refractivity contribution is -0.131. The van der Waals surface area contributed by atoms with E-state index in [4.69, 9.17) is 5.11 Å². The number of carboxylic acid groups (broad SMARTS) is 1. The molecule has 0 saturated heterocycles. The summed E-state index contributed by atoms with van der Waals surface area (Å²) in [6.07, 6.45) is 1.14. The van der Waals surface area contributed by atoms with Crippen LogP contribution in [0.15, 0.2) is 42.5 Å². The summed E-state index contributed by atoms with van der Waals surface area (Å²) in [5, 5.41) is 8.99. The Labute approximate surface area is 109 Å². The summed E-state index contributed by atoms with van der Waals surface area (Å²) in [6, 6.07) is 10.3. The fourth-order valence-corrected chi connectivity index (χ4v) is 2.65. The molecule has 0 bridgehead atoms. The third-order valence-corrected chi connectivity index (χ3v) is 3.38. The molecule has 1 aliphatic carbocycles. The number of halogens is 1. The predicted octanol–water partition coefficient (Wildman–Crippen LogP) is 3.63. The van der Waals surface area contributed by atoms with Crippen LogP contribution in [0.3, 0.4) is 0 Å². The van der Waals surface area contributed by atoms with Gasteiger partial charge >= 0.3 is 5.97 Å². The molecule has 0 amide bonds. The summed E-state index contributed by atoms with van der Waals surface area (Å²) in [5.74, 6) is -1.35. The monoisotopic (exact) mass is 254 g/mol. The first-order valence-corrected chi connectivity index (χ1v) is 5.93. The van der Waals surface area contributed by atoms with Crippen molar-refractivity contribution in [3.8, 4) is 11.1 Å². The Morgan fingerprint density at radius 1 is 1.11 bits per heavy atom. The third-order valence-electron chi connectivity index (χ3n) is 3.38. The Morgan fingerprint density at radius 2 is 1.74 bits per heavy atom. The van der Waals surface area contributed by atoms with Crippen LogP contribution in [-0.4, -0.2) is 11.1 Å². The minimum absolute atomic E-state index is 0.318. The standard InChI is InChI=1S/C16H11FO2/c1-9-4-2-5-10-12(8-14(18)19)11-6-3-7-13(17)16(11)15(9)10/h2-8H,1H3,(H,18,19)/b12-8-. The molecule has 0 atom stereocenters. The van der Waals surface area contributed by atoms with Crippen LogP contribution in [0.5, 0.6) is 0 Å². The first-order valence-electron chi connectivity index (χ1n) is 5.93. The SMILES string of the molecule is Cc1cccc2c1-c1c(F)cccc1/C2=C\C(=O)O. The Morgan fingerprint density at radius 3 is 2.42 bits per heavy atom. The van der Waals surface area contributed by atoms with E-state index in [0.717, 1.165) is 22.8 Å². The number of rotatable bonds is 1. The first-order chi connectivity index (χ1) is 9.09. The molecule has 2 nitrogen and oxygen atoms in total. The highest BCUT2D eigenvalue weighted by Gasteiger charge is 2.27. The van der Waals surface area contributed by atoms with Crippen molar-refractivity contribution in [3.05, 3.63) is 65.0 Å². The highest BCUT2D eigenvalue weighted by atomic mass is 19.1. The molecule has 3 heteroatoms. The second-order valence-electron chi connectivity index (χ2n) is 4.56. The van der Waals surface area contributed by atoms with Crippen LogP contribution < -0.4 is 0 Å². The molecule has 0 radical (unpaired) electrons. The van der Waals surface area contributed by atoms with Gasteiger partial charge in [-0.3, -0.25) is 0 Å². The summed E-state index contributed by atoms with van der Waals surface area (Å²) in [6.45, 7) is 1.90. The molecule has 0 aliphatic heterocycles. The highest BCUT2D eigenvalue weighted by Crippen LogP contribution is 2.46. The molecular weight excluding hydrogens is 243 g/mol. The molecule has 2 aromatic rings. The largest absolute Gasteiger partial charge is 0.478 e. The van der Waals surface area contributed by atoms with Crippen LogP contribution in [0, 0.1) is 12.7 Å². The maximum atomic E-state index is 14.1. The number of aryl methyl sites for hydroxylation is 1. The summed E-state index contributed by atoms with van der Waals surface area (Å²) < 4.78 is 14.1. The molecule has 0 aromatic heterocycles. The molecule has 94 valence electrons. The number of fused-ring (bicyclic) bond motifs is 3. The van der Waals surface area contributed by atoms with Crippen molar-refractivity contribution in [2.45, 2.75) is 6.92 Å². The number of hydrogen-bond acceptors (Lipinski definition) is 1. The van der Waals surface area contributed by atoms with Crippen molar-refractivity contribution in [3.63, 3.8) is 0 Å². The van der Waals surface area contributed by atoms with Gasteiger partial charge in [0.05, 0.1) is 0 Å². The summed E-state index contributed by atoms with van der Waals surface area (Å²) in [7, 11) is 0. The van der Waals surface area contributed by atoms with E-state index in [0.29, 0.717) is 16.7 Å². The third kappa shape index (κ3) is 1.66. The molecule has 1 N–H and O–H groups in total. The molecule has 1 aliphatic rings. The van der Waals surface area contributed by atoms with Gasteiger partial charge in [-0.15, -0.1) is 0 Å². The van der Waals surface area contributed by atoms with Crippen LogP contribution >= 0.6 is 0 Å². The van der Waals surface area contributed by atoms with Crippen molar-refractivity contribution in [1.82, 2.24) is 0 Å². The summed E-state index contributed by atoms with van der Waals surface area (Å²) in [5.41, 5.74) is 4.23. The molecule has 0 fully saturated rings. The number of aliphatic carboxylic acids is 1. The highest BCUT2D eigenvalue weighted by molar-refractivity contribution is 6.07. The van der Waals surface area contributed by atoms with Crippen LogP contribution in [0.4, 0.5) is 4.39 Å². The van der Waals surface area contributed by atoms with Crippen LogP contribution in [-0.2, 0) is 4.79 Å². The van der Waals surface area contributed by atoms with E-state index in [2.05, 4.69) is 0 Å². The fourth-order valence-electron chi connectivity index (χ4n) is 2.65. The van der Waals surface area contributed by atoms with Gasteiger partial charge in [0.15, 0.2) is 0 Å². The second-order valence-corrected chi connectivity index (χ2v) is 4.56. The summed E-state index contributed by atoms with van der Waals surface area (Å²) in [4.78, 5) is 11.0. The Bertz CT molecular complexity index is 676. The van der Waals surface area contributed by atoms with E-state index in [-0.39, 0.29) is 5.82 Å². The van der Waals surface area contributed by atoms with Gasteiger partial charge < -0.3 is 5.11 Å². The van der Waals surface area contributed by atoms with Crippen LogP contribution in [0.1, 0.15) is 16.7 Å². The van der Waals surface area contributed by atoms with Gasteiger partial charge in [-0.2, -0.15) is 0 Å². The lowest BCUT2D eigenvalue weighted by atomic mass is 10.00.